The largest absolute Gasteiger partial charge is 0.393 e. The Bertz CT molecular complexity index is 507. The van der Waals surface area contributed by atoms with Crippen molar-refractivity contribution in [1.29, 1.82) is 0 Å². The predicted octanol–water partition coefficient (Wildman–Crippen LogP) is 2.28. The van der Waals surface area contributed by atoms with Gasteiger partial charge in [0.05, 0.1) is 6.10 Å². The number of nitrogens with zero attached hydrogens (tertiary/aromatic N) is 1. The van der Waals surface area contributed by atoms with Crippen LogP contribution in [-0.4, -0.2) is 30.3 Å². The molecule has 2 aliphatic rings. The van der Waals surface area contributed by atoms with Crippen molar-refractivity contribution < 1.29 is 13.9 Å². The molecule has 3 N–H and O–H groups in total. The van der Waals surface area contributed by atoms with Gasteiger partial charge in [-0.25, -0.2) is 8.78 Å². The van der Waals surface area contributed by atoms with Crippen molar-refractivity contribution in [2.24, 2.45) is 17.6 Å². The second-order valence-corrected chi connectivity index (χ2v) is 6.51. The van der Waals surface area contributed by atoms with Gasteiger partial charge in [0.1, 0.15) is 0 Å². The summed E-state index contributed by atoms with van der Waals surface area (Å²) in [5.41, 5.74) is 6.76. The Morgan fingerprint density at radius 2 is 2.00 bits per heavy atom. The molecule has 21 heavy (non-hydrogen) atoms. The van der Waals surface area contributed by atoms with Gasteiger partial charge in [-0.05, 0) is 49.7 Å². The van der Waals surface area contributed by atoms with Crippen LogP contribution < -0.4 is 10.6 Å². The molecule has 2 fully saturated rings. The van der Waals surface area contributed by atoms with Crippen molar-refractivity contribution >= 4 is 5.69 Å². The molecule has 1 saturated carbocycles. The van der Waals surface area contributed by atoms with E-state index in [0.29, 0.717) is 24.1 Å². The number of hydrogen-bond donors (Lipinski definition) is 2. The molecule has 0 radical (unpaired) electrons. The quantitative estimate of drug-likeness (QED) is 0.896. The predicted molar refractivity (Wildman–Crippen MR) is 78.0 cm³/mol. The number of nitrogens with two attached hydrogens (primary N) is 1. The third kappa shape index (κ3) is 3.52. The number of rotatable bonds is 4. The first-order valence-electron chi connectivity index (χ1n) is 7.66. The van der Waals surface area contributed by atoms with Crippen molar-refractivity contribution in [2.75, 3.05) is 18.0 Å². The number of aliphatic hydroxyl groups excluding tert-OH is 1. The first kappa shape index (κ1) is 14.7. The van der Waals surface area contributed by atoms with Gasteiger partial charge in [-0.3, -0.25) is 0 Å². The molecule has 1 aliphatic heterocycles. The van der Waals surface area contributed by atoms with Gasteiger partial charge >= 0.3 is 0 Å². The molecule has 1 heterocycles. The van der Waals surface area contributed by atoms with Crippen molar-refractivity contribution in [1.82, 2.24) is 0 Å². The van der Waals surface area contributed by atoms with Crippen LogP contribution in [0.25, 0.3) is 0 Å². The fourth-order valence-electron chi connectivity index (χ4n) is 3.32. The zero-order valence-corrected chi connectivity index (χ0v) is 12.0. The van der Waals surface area contributed by atoms with Gasteiger partial charge in [0.25, 0.3) is 0 Å². The Morgan fingerprint density at radius 1 is 1.24 bits per heavy atom. The van der Waals surface area contributed by atoms with Crippen LogP contribution in [0.4, 0.5) is 14.5 Å². The molecule has 3 atom stereocenters. The number of aliphatic hydroxyl groups is 1. The average molecular weight is 296 g/mol. The number of hydrogen-bond acceptors (Lipinski definition) is 3. The number of benzene rings is 1. The number of piperidine rings is 1. The lowest BCUT2D eigenvalue weighted by Crippen LogP contribution is -2.48. The molecule has 0 spiro atoms. The lowest BCUT2D eigenvalue weighted by Gasteiger charge is -2.38. The topological polar surface area (TPSA) is 49.5 Å². The van der Waals surface area contributed by atoms with E-state index in [-0.39, 0.29) is 12.1 Å². The Hall–Kier alpha value is -1.20. The summed E-state index contributed by atoms with van der Waals surface area (Å²) >= 11 is 0. The lowest BCUT2D eigenvalue weighted by molar-refractivity contribution is 0.114. The molecule has 1 aliphatic carbocycles. The summed E-state index contributed by atoms with van der Waals surface area (Å²) < 4.78 is 26.4. The monoisotopic (exact) mass is 296 g/mol. The van der Waals surface area contributed by atoms with Crippen LogP contribution in [0.5, 0.6) is 0 Å². The minimum absolute atomic E-state index is 0.00303. The standard InChI is InChI=1S/C16H22F2N2O/c17-14-4-3-13(7-15(14)18)20-8-10(5-12(19)9-20)6-16(21)11-1-2-11/h3-4,7,10-12,16,21H,1-2,5-6,8-9,19H2. The SMILES string of the molecule is NC1CC(CC(O)C2CC2)CN(c2ccc(F)c(F)c2)C1. The number of anilines is 1. The van der Waals surface area contributed by atoms with Gasteiger partial charge in [-0.15, -0.1) is 0 Å². The second kappa shape index (κ2) is 5.89. The molecular formula is C16H22F2N2O. The maximum Gasteiger partial charge on any atom is 0.160 e. The normalized spacial score (nSPS) is 27.7. The minimum atomic E-state index is -0.833. The van der Waals surface area contributed by atoms with Crippen LogP contribution in [-0.2, 0) is 0 Å². The Kier molecular flexibility index (Phi) is 4.13. The maximum atomic E-state index is 13.4. The minimum Gasteiger partial charge on any atom is -0.393 e. The molecule has 116 valence electrons. The first-order chi connectivity index (χ1) is 10.0. The molecule has 0 aromatic heterocycles. The molecule has 3 rings (SSSR count). The van der Waals surface area contributed by atoms with Gasteiger partial charge in [0, 0.05) is 30.9 Å². The van der Waals surface area contributed by atoms with E-state index in [0.717, 1.165) is 38.3 Å². The van der Waals surface area contributed by atoms with Crippen LogP contribution in [0.2, 0.25) is 0 Å². The Balaban J connectivity index is 1.68. The zero-order chi connectivity index (χ0) is 15.0. The summed E-state index contributed by atoms with van der Waals surface area (Å²) in [5, 5.41) is 10.1. The first-order valence-corrected chi connectivity index (χ1v) is 7.66. The molecule has 0 amide bonds. The third-order valence-electron chi connectivity index (χ3n) is 4.58. The molecule has 0 bridgehead atoms. The summed E-state index contributed by atoms with van der Waals surface area (Å²) in [4.78, 5) is 2.00. The van der Waals surface area contributed by atoms with E-state index in [1.54, 1.807) is 6.07 Å². The van der Waals surface area contributed by atoms with Crippen molar-refractivity contribution in [3.63, 3.8) is 0 Å². The maximum absolute atomic E-state index is 13.4. The molecule has 1 aromatic carbocycles. The van der Waals surface area contributed by atoms with Crippen molar-refractivity contribution in [3.05, 3.63) is 29.8 Å². The van der Waals surface area contributed by atoms with Crippen molar-refractivity contribution in [3.8, 4) is 0 Å². The summed E-state index contributed by atoms with van der Waals surface area (Å²) in [7, 11) is 0. The van der Waals surface area contributed by atoms with E-state index in [9.17, 15) is 13.9 Å². The van der Waals surface area contributed by atoms with Gasteiger partial charge in [-0.2, -0.15) is 0 Å². The van der Waals surface area contributed by atoms with E-state index in [1.165, 1.54) is 6.07 Å². The van der Waals surface area contributed by atoms with Gasteiger partial charge in [0.2, 0.25) is 0 Å². The highest BCUT2D eigenvalue weighted by atomic mass is 19.2. The van der Waals surface area contributed by atoms with Crippen LogP contribution in [0, 0.1) is 23.5 Å². The van der Waals surface area contributed by atoms with Crippen LogP contribution in [0.15, 0.2) is 18.2 Å². The highest BCUT2D eigenvalue weighted by Gasteiger charge is 2.34. The molecule has 1 saturated heterocycles. The Morgan fingerprint density at radius 3 is 2.67 bits per heavy atom. The van der Waals surface area contributed by atoms with E-state index in [1.807, 2.05) is 4.90 Å². The van der Waals surface area contributed by atoms with Gasteiger partial charge < -0.3 is 15.7 Å². The van der Waals surface area contributed by atoms with E-state index in [2.05, 4.69) is 0 Å². The summed E-state index contributed by atoms with van der Waals surface area (Å²) in [6.45, 7) is 1.38. The fourth-order valence-corrected chi connectivity index (χ4v) is 3.32. The summed E-state index contributed by atoms with van der Waals surface area (Å²) in [5.74, 6) is -0.903. The van der Waals surface area contributed by atoms with Crippen LogP contribution >= 0.6 is 0 Å². The second-order valence-electron chi connectivity index (χ2n) is 6.51. The molecule has 3 unspecified atom stereocenters. The van der Waals surface area contributed by atoms with E-state index < -0.39 is 11.6 Å². The van der Waals surface area contributed by atoms with E-state index >= 15 is 0 Å². The van der Waals surface area contributed by atoms with Gasteiger partial charge in [-0.1, -0.05) is 0 Å². The lowest BCUT2D eigenvalue weighted by atomic mass is 9.88. The molecular weight excluding hydrogens is 274 g/mol. The summed E-state index contributed by atoms with van der Waals surface area (Å²) in [6, 6.07) is 3.97. The smallest absolute Gasteiger partial charge is 0.160 e. The van der Waals surface area contributed by atoms with E-state index in [4.69, 9.17) is 5.73 Å². The molecule has 1 aromatic rings. The summed E-state index contributed by atoms with van der Waals surface area (Å²) in [6.07, 6.45) is 3.62. The molecule has 5 heteroatoms. The molecule has 3 nitrogen and oxygen atoms in total. The average Bonchev–Trinajstić information content (AvgIpc) is 3.25. The highest BCUT2D eigenvalue weighted by molar-refractivity contribution is 5.47. The number of halogens is 2. The highest BCUT2D eigenvalue weighted by Crippen LogP contribution is 2.36. The Labute approximate surface area is 123 Å². The third-order valence-corrected chi connectivity index (χ3v) is 4.58. The van der Waals surface area contributed by atoms with Crippen LogP contribution in [0.1, 0.15) is 25.7 Å². The zero-order valence-electron chi connectivity index (χ0n) is 12.0. The van der Waals surface area contributed by atoms with Crippen molar-refractivity contribution in [2.45, 2.75) is 37.8 Å². The van der Waals surface area contributed by atoms with Gasteiger partial charge in [0.15, 0.2) is 11.6 Å². The van der Waals surface area contributed by atoms with Crippen LogP contribution in [0.3, 0.4) is 0 Å². The fraction of sp³-hybridized carbons (Fsp3) is 0.625.